The first-order valence-corrected chi connectivity index (χ1v) is 8.74. The Morgan fingerprint density at radius 1 is 1.29 bits per heavy atom. The first-order chi connectivity index (χ1) is 11.3. The number of ketones is 1. The molecule has 1 amide bonds. The number of carboxylic acids is 1. The van der Waals surface area contributed by atoms with Crippen LogP contribution in [0.5, 0.6) is 0 Å². The number of nitrogens with zero attached hydrogens (tertiary/aromatic N) is 2. The number of hydrogen-bond acceptors (Lipinski definition) is 8. The van der Waals surface area contributed by atoms with Gasteiger partial charge in [-0.1, -0.05) is 13.8 Å². The first-order valence-electron chi connectivity index (χ1n) is 7.05. The zero-order chi connectivity index (χ0) is 17.7. The minimum absolute atomic E-state index is 0.0711. The number of aromatic nitrogens is 2. The molecule has 10 heteroatoms. The SMILES string of the molecule is CC(C)c1cnc(NC(=O)Cc2csc(NCC(=O)C(=O)O)n2)s1. The minimum Gasteiger partial charge on any atom is -0.475 e. The van der Waals surface area contributed by atoms with Crippen molar-refractivity contribution in [3.63, 3.8) is 0 Å². The molecule has 0 aromatic carbocycles. The fourth-order valence-electron chi connectivity index (χ4n) is 1.64. The second-order valence-electron chi connectivity index (χ2n) is 5.17. The Balaban J connectivity index is 1.85. The Morgan fingerprint density at radius 2 is 2.04 bits per heavy atom. The summed E-state index contributed by atoms with van der Waals surface area (Å²) in [5.74, 6) is -2.33. The van der Waals surface area contributed by atoms with Gasteiger partial charge in [-0.2, -0.15) is 0 Å². The first kappa shape index (κ1) is 18.0. The molecule has 2 aromatic rings. The van der Waals surface area contributed by atoms with Crippen LogP contribution in [-0.4, -0.2) is 39.3 Å². The van der Waals surface area contributed by atoms with Gasteiger partial charge in [-0.15, -0.1) is 22.7 Å². The van der Waals surface area contributed by atoms with E-state index in [4.69, 9.17) is 5.11 Å². The van der Waals surface area contributed by atoms with Crippen LogP contribution in [0, 0.1) is 0 Å². The molecule has 0 aliphatic carbocycles. The van der Waals surface area contributed by atoms with Crippen molar-refractivity contribution in [1.82, 2.24) is 9.97 Å². The molecule has 0 atom stereocenters. The highest BCUT2D eigenvalue weighted by Crippen LogP contribution is 2.25. The molecule has 0 saturated heterocycles. The zero-order valence-electron chi connectivity index (χ0n) is 13.0. The van der Waals surface area contributed by atoms with E-state index in [1.165, 1.54) is 22.7 Å². The van der Waals surface area contributed by atoms with Gasteiger partial charge in [0, 0.05) is 16.5 Å². The predicted octanol–water partition coefficient (Wildman–Crippen LogP) is 1.97. The van der Waals surface area contributed by atoms with E-state index in [2.05, 4.69) is 34.4 Å². The number of carboxylic acid groups (broad SMARTS) is 1. The molecular weight excluding hydrogens is 352 g/mol. The van der Waals surface area contributed by atoms with E-state index in [-0.39, 0.29) is 18.9 Å². The van der Waals surface area contributed by atoms with E-state index in [1.807, 2.05) is 0 Å². The smallest absolute Gasteiger partial charge is 0.374 e. The Bertz CT molecular complexity index is 754. The molecule has 0 aliphatic rings. The highest BCUT2D eigenvalue weighted by Gasteiger charge is 2.14. The van der Waals surface area contributed by atoms with Crippen molar-refractivity contribution in [3.05, 3.63) is 22.1 Å². The minimum atomic E-state index is -1.50. The van der Waals surface area contributed by atoms with Crippen LogP contribution in [0.1, 0.15) is 30.3 Å². The molecule has 2 rings (SSSR count). The maximum absolute atomic E-state index is 12.0. The number of aliphatic carboxylic acids is 1. The lowest BCUT2D eigenvalue weighted by Gasteiger charge is -2.00. The average molecular weight is 368 g/mol. The monoisotopic (exact) mass is 368 g/mol. The number of anilines is 2. The number of amides is 1. The van der Waals surface area contributed by atoms with Gasteiger partial charge in [0.1, 0.15) is 0 Å². The molecule has 0 aliphatic heterocycles. The number of nitrogens with one attached hydrogen (secondary N) is 2. The molecule has 24 heavy (non-hydrogen) atoms. The predicted molar refractivity (Wildman–Crippen MR) is 91.8 cm³/mol. The molecule has 0 unspecified atom stereocenters. The summed E-state index contributed by atoms with van der Waals surface area (Å²) in [6.07, 6.45) is 1.82. The van der Waals surface area contributed by atoms with Crippen molar-refractivity contribution < 1.29 is 19.5 Å². The second-order valence-corrected chi connectivity index (χ2v) is 7.09. The third-order valence-electron chi connectivity index (χ3n) is 2.87. The van der Waals surface area contributed by atoms with Gasteiger partial charge in [-0.05, 0) is 5.92 Å². The fourth-order valence-corrected chi connectivity index (χ4v) is 3.18. The largest absolute Gasteiger partial charge is 0.475 e. The van der Waals surface area contributed by atoms with E-state index in [0.29, 0.717) is 21.9 Å². The van der Waals surface area contributed by atoms with Crippen molar-refractivity contribution >= 4 is 50.6 Å². The maximum atomic E-state index is 12.0. The lowest BCUT2D eigenvalue weighted by Crippen LogP contribution is -2.22. The van der Waals surface area contributed by atoms with Crippen molar-refractivity contribution in [3.8, 4) is 0 Å². The number of thiazole rings is 2. The Morgan fingerprint density at radius 3 is 2.67 bits per heavy atom. The number of rotatable bonds is 8. The summed E-state index contributed by atoms with van der Waals surface area (Å²) in [5.41, 5.74) is 0.531. The van der Waals surface area contributed by atoms with Crippen molar-refractivity contribution in [2.45, 2.75) is 26.2 Å². The summed E-state index contributed by atoms with van der Waals surface area (Å²) in [7, 11) is 0. The third kappa shape index (κ3) is 5.10. The molecule has 0 fully saturated rings. The average Bonchev–Trinajstić information content (AvgIpc) is 3.14. The summed E-state index contributed by atoms with van der Waals surface area (Å²) < 4.78 is 0. The van der Waals surface area contributed by atoms with Crippen LogP contribution in [0.4, 0.5) is 10.3 Å². The summed E-state index contributed by atoms with van der Waals surface area (Å²) in [5, 5.41) is 16.4. The van der Waals surface area contributed by atoms with Gasteiger partial charge in [0.15, 0.2) is 10.3 Å². The Labute approximate surface area is 146 Å². The third-order valence-corrected chi connectivity index (χ3v) is 4.93. The number of Topliss-reactive ketones (excluding diaryl/α,β-unsaturated/α-hetero) is 1. The summed E-state index contributed by atoms with van der Waals surface area (Å²) in [6.45, 7) is 3.77. The standard InChI is InChI=1S/C14H16N4O4S2/c1-7(2)10-5-16-14(24-10)18-11(20)3-8-6-23-13(17-8)15-4-9(19)12(21)22/h5-7H,3-4H2,1-2H3,(H,15,17)(H,21,22)(H,16,18,20). The molecule has 0 bridgehead atoms. The van der Waals surface area contributed by atoms with E-state index in [9.17, 15) is 14.4 Å². The van der Waals surface area contributed by atoms with Crippen LogP contribution >= 0.6 is 22.7 Å². The number of hydrogen-bond donors (Lipinski definition) is 3. The molecule has 128 valence electrons. The van der Waals surface area contributed by atoms with Crippen molar-refractivity contribution in [1.29, 1.82) is 0 Å². The summed E-state index contributed by atoms with van der Waals surface area (Å²) in [4.78, 5) is 42.8. The molecule has 8 nitrogen and oxygen atoms in total. The highest BCUT2D eigenvalue weighted by atomic mass is 32.1. The maximum Gasteiger partial charge on any atom is 0.374 e. The normalized spacial score (nSPS) is 10.6. The van der Waals surface area contributed by atoms with E-state index >= 15 is 0 Å². The topological polar surface area (TPSA) is 121 Å². The molecule has 0 spiro atoms. The fraction of sp³-hybridized carbons (Fsp3) is 0.357. The number of carbonyl (C=O) groups is 3. The molecule has 3 N–H and O–H groups in total. The van der Waals surface area contributed by atoms with Crippen LogP contribution in [0.2, 0.25) is 0 Å². The van der Waals surface area contributed by atoms with Gasteiger partial charge >= 0.3 is 5.97 Å². The van der Waals surface area contributed by atoms with Crippen LogP contribution < -0.4 is 10.6 Å². The molecule has 0 saturated carbocycles. The van der Waals surface area contributed by atoms with Gasteiger partial charge in [-0.3, -0.25) is 9.59 Å². The molecular formula is C14H16N4O4S2. The highest BCUT2D eigenvalue weighted by molar-refractivity contribution is 7.15. The number of carbonyl (C=O) groups excluding carboxylic acids is 2. The van der Waals surface area contributed by atoms with Crippen LogP contribution in [0.25, 0.3) is 0 Å². The quantitative estimate of drug-likeness (QED) is 0.609. The van der Waals surface area contributed by atoms with Crippen molar-refractivity contribution in [2.24, 2.45) is 0 Å². The van der Waals surface area contributed by atoms with Gasteiger partial charge in [0.2, 0.25) is 5.91 Å². The lowest BCUT2D eigenvalue weighted by molar-refractivity contribution is -0.148. The Hall–Kier alpha value is -2.33. The zero-order valence-corrected chi connectivity index (χ0v) is 14.7. The summed E-state index contributed by atoms with van der Waals surface area (Å²) >= 11 is 2.63. The van der Waals surface area contributed by atoms with Crippen LogP contribution in [0.15, 0.2) is 11.6 Å². The molecule has 2 heterocycles. The second kappa shape index (κ2) is 7.97. The van der Waals surface area contributed by atoms with E-state index in [0.717, 1.165) is 4.88 Å². The van der Waals surface area contributed by atoms with Gasteiger partial charge < -0.3 is 15.7 Å². The summed E-state index contributed by atoms with van der Waals surface area (Å²) in [6, 6.07) is 0. The van der Waals surface area contributed by atoms with E-state index in [1.54, 1.807) is 11.6 Å². The molecule has 2 aromatic heterocycles. The van der Waals surface area contributed by atoms with Gasteiger partial charge in [-0.25, -0.2) is 14.8 Å². The van der Waals surface area contributed by atoms with Gasteiger partial charge in [0.05, 0.1) is 18.7 Å². The van der Waals surface area contributed by atoms with Gasteiger partial charge in [0.25, 0.3) is 5.78 Å². The van der Waals surface area contributed by atoms with Crippen LogP contribution in [-0.2, 0) is 20.8 Å². The van der Waals surface area contributed by atoms with Crippen molar-refractivity contribution in [2.75, 3.05) is 17.2 Å². The Kier molecular flexibility index (Phi) is 5.99. The van der Waals surface area contributed by atoms with E-state index < -0.39 is 11.8 Å². The van der Waals surface area contributed by atoms with Crippen LogP contribution in [0.3, 0.4) is 0 Å². The lowest BCUT2D eigenvalue weighted by atomic mass is 10.2. The molecule has 0 radical (unpaired) electrons.